The number of halogens is 2. The summed E-state index contributed by atoms with van der Waals surface area (Å²) in [6.07, 6.45) is 1.56. The van der Waals surface area contributed by atoms with Gasteiger partial charge in [-0.25, -0.2) is 10.8 Å². The first kappa shape index (κ1) is 14.0. The number of pyridine rings is 1. The molecule has 0 spiro atoms. The molecule has 0 aliphatic heterocycles. The molecule has 5 nitrogen and oxygen atoms in total. The summed E-state index contributed by atoms with van der Waals surface area (Å²) in [5, 5.41) is 2.77. The van der Waals surface area contributed by atoms with Crippen LogP contribution in [0.2, 0.25) is 0 Å². The summed E-state index contributed by atoms with van der Waals surface area (Å²) in [7, 11) is 0. The first-order valence-corrected chi connectivity index (χ1v) is 6.88. The molecule has 4 N–H and O–H groups in total. The minimum Gasteiger partial charge on any atom is -0.322 e. The lowest BCUT2D eigenvalue weighted by atomic mass is 10.2. The van der Waals surface area contributed by atoms with Gasteiger partial charge in [0.2, 0.25) is 0 Å². The van der Waals surface area contributed by atoms with Crippen molar-refractivity contribution in [2.24, 2.45) is 5.84 Å². The van der Waals surface area contributed by atoms with Gasteiger partial charge in [0.15, 0.2) is 5.82 Å². The van der Waals surface area contributed by atoms with Gasteiger partial charge >= 0.3 is 0 Å². The van der Waals surface area contributed by atoms with E-state index < -0.39 is 0 Å². The van der Waals surface area contributed by atoms with Crippen molar-refractivity contribution in [2.75, 3.05) is 10.7 Å². The third kappa shape index (κ3) is 3.52. The maximum atomic E-state index is 12.2. The highest BCUT2D eigenvalue weighted by Crippen LogP contribution is 2.20. The van der Waals surface area contributed by atoms with E-state index >= 15 is 0 Å². The van der Waals surface area contributed by atoms with Crippen LogP contribution in [0.1, 0.15) is 10.4 Å². The van der Waals surface area contributed by atoms with Crippen molar-refractivity contribution in [3.8, 4) is 0 Å². The third-order valence-electron chi connectivity index (χ3n) is 2.34. The molecule has 0 fully saturated rings. The summed E-state index contributed by atoms with van der Waals surface area (Å²) in [5.74, 6) is 5.37. The lowest BCUT2D eigenvalue weighted by Crippen LogP contribution is -2.18. The van der Waals surface area contributed by atoms with Crippen LogP contribution in [-0.4, -0.2) is 10.9 Å². The van der Waals surface area contributed by atoms with Gasteiger partial charge in [-0.2, -0.15) is 0 Å². The zero-order chi connectivity index (χ0) is 13.8. The van der Waals surface area contributed by atoms with Crippen LogP contribution >= 0.6 is 31.9 Å². The van der Waals surface area contributed by atoms with Crippen molar-refractivity contribution in [2.45, 2.75) is 0 Å². The second kappa shape index (κ2) is 6.14. The molecular weight excluding hydrogens is 376 g/mol. The van der Waals surface area contributed by atoms with Crippen LogP contribution in [0.3, 0.4) is 0 Å². The monoisotopic (exact) mass is 384 g/mol. The molecule has 1 aromatic carbocycles. The molecule has 0 unspecified atom stereocenters. The van der Waals surface area contributed by atoms with Gasteiger partial charge in [-0.15, -0.1) is 0 Å². The van der Waals surface area contributed by atoms with E-state index in [1.54, 1.807) is 24.4 Å². The first-order valence-electron chi connectivity index (χ1n) is 5.29. The molecule has 0 atom stereocenters. The minimum atomic E-state index is -0.288. The Balaban J connectivity index is 2.24. The fourth-order valence-corrected chi connectivity index (χ4v) is 2.05. The molecule has 0 saturated carbocycles. The Kier molecular flexibility index (Phi) is 4.52. The summed E-state index contributed by atoms with van der Waals surface area (Å²) < 4.78 is 1.64. The topological polar surface area (TPSA) is 80.0 Å². The largest absolute Gasteiger partial charge is 0.322 e. The zero-order valence-corrected chi connectivity index (χ0v) is 12.8. The molecule has 2 rings (SSSR count). The standard InChI is InChI=1S/C12H10Br2N4O/c13-7-1-3-9(4-2-7)17-12(19)10-5-8(14)6-16-11(10)18-15/h1-6H,15H2,(H,16,18)(H,17,19). The van der Waals surface area contributed by atoms with Crippen molar-refractivity contribution in [1.82, 2.24) is 4.98 Å². The Morgan fingerprint density at radius 2 is 1.84 bits per heavy atom. The third-order valence-corrected chi connectivity index (χ3v) is 3.30. The summed E-state index contributed by atoms with van der Waals surface area (Å²) in [4.78, 5) is 16.2. The summed E-state index contributed by atoms with van der Waals surface area (Å²) in [6, 6.07) is 8.93. The highest BCUT2D eigenvalue weighted by molar-refractivity contribution is 9.10. The lowest BCUT2D eigenvalue weighted by molar-refractivity contribution is 0.102. The normalized spacial score (nSPS) is 10.1. The Hall–Kier alpha value is -1.44. The van der Waals surface area contributed by atoms with E-state index in [0.29, 0.717) is 21.5 Å². The smallest absolute Gasteiger partial charge is 0.259 e. The number of carbonyl (C=O) groups excluding carboxylic acids is 1. The van der Waals surface area contributed by atoms with Gasteiger partial charge in [0.25, 0.3) is 5.91 Å². The van der Waals surface area contributed by atoms with Crippen molar-refractivity contribution >= 4 is 49.3 Å². The van der Waals surface area contributed by atoms with E-state index in [-0.39, 0.29) is 5.91 Å². The molecular formula is C12H10Br2N4O. The number of rotatable bonds is 3. The van der Waals surface area contributed by atoms with Gasteiger partial charge < -0.3 is 10.7 Å². The Morgan fingerprint density at radius 3 is 2.47 bits per heavy atom. The van der Waals surface area contributed by atoms with Gasteiger partial charge in [-0.05, 0) is 46.3 Å². The second-order valence-electron chi connectivity index (χ2n) is 3.66. The van der Waals surface area contributed by atoms with E-state index in [1.807, 2.05) is 12.1 Å². The fourth-order valence-electron chi connectivity index (χ4n) is 1.46. The molecule has 1 amide bonds. The highest BCUT2D eigenvalue weighted by atomic mass is 79.9. The summed E-state index contributed by atoms with van der Waals surface area (Å²) in [6.45, 7) is 0. The van der Waals surface area contributed by atoms with E-state index in [2.05, 4.69) is 47.6 Å². The predicted molar refractivity (Wildman–Crippen MR) is 81.8 cm³/mol. The number of carbonyl (C=O) groups is 1. The number of aromatic nitrogens is 1. The molecule has 0 saturated heterocycles. The van der Waals surface area contributed by atoms with Gasteiger partial charge in [-0.3, -0.25) is 4.79 Å². The molecule has 0 aliphatic rings. The van der Waals surface area contributed by atoms with Crippen molar-refractivity contribution in [1.29, 1.82) is 0 Å². The number of nitrogens with two attached hydrogens (primary N) is 1. The average Bonchev–Trinajstić information content (AvgIpc) is 2.41. The lowest BCUT2D eigenvalue weighted by Gasteiger charge is -2.09. The van der Waals surface area contributed by atoms with Crippen molar-refractivity contribution < 1.29 is 4.79 Å². The van der Waals surface area contributed by atoms with Crippen LogP contribution in [0.5, 0.6) is 0 Å². The number of nitrogen functional groups attached to an aromatic ring is 1. The SMILES string of the molecule is NNc1ncc(Br)cc1C(=O)Nc1ccc(Br)cc1. The van der Waals surface area contributed by atoms with Crippen LogP contribution in [0.15, 0.2) is 45.5 Å². The van der Waals surface area contributed by atoms with Crippen LogP contribution < -0.4 is 16.6 Å². The molecule has 19 heavy (non-hydrogen) atoms. The van der Waals surface area contributed by atoms with Gasteiger partial charge in [0.05, 0.1) is 5.56 Å². The number of hydrogen-bond acceptors (Lipinski definition) is 4. The van der Waals surface area contributed by atoms with Gasteiger partial charge in [0.1, 0.15) is 0 Å². The zero-order valence-electron chi connectivity index (χ0n) is 9.65. The fraction of sp³-hybridized carbons (Fsp3) is 0. The molecule has 1 heterocycles. The molecule has 0 aliphatic carbocycles. The van der Waals surface area contributed by atoms with Crippen molar-refractivity contribution in [3.63, 3.8) is 0 Å². The number of anilines is 2. The molecule has 1 aromatic heterocycles. The Bertz CT molecular complexity index is 601. The molecule has 98 valence electrons. The average molecular weight is 386 g/mol. The maximum absolute atomic E-state index is 12.2. The van der Waals surface area contributed by atoms with E-state index in [0.717, 1.165) is 4.47 Å². The van der Waals surface area contributed by atoms with Crippen molar-refractivity contribution in [3.05, 3.63) is 51.0 Å². The second-order valence-corrected chi connectivity index (χ2v) is 5.49. The molecule has 0 radical (unpaired) electrons. The number of amides is 1. The Labute approximate surface area is 126 Å². The number of benzene rings is 1. The van der Waals surface area contributed by atoms with Gasteiger partial charge in [-0.1, -0.05) is 15.9 Å². The van der Waals surface area contributed by atoms with E-state index in [4.69, 9.17) is 5.84 Å². The predicted octanol–water partition coefficient (Wildman–Crippen LogP) is 3.14. The summed E-state index contributed by atoms with van der Waals surface area (Å²) >= 11 is 6.60. The number of hydrazine groups is 1. The van der Waals surface area contributed by atoms with Crippen LogP contribution in [-0.2, 0) is 0 Å². The number of nitrogens with zero attached hydrogens (tertiary/aromatic N) is 1. The molecule has 0 bridgehead atoms. The quantitative estimate of drug-likeness (QED) is 0.560. The van der Waals surface area contributed by atoms with Crippen LogP contribution in [0, 0.1) is 0 Å². The van der Waals surface area contributed by atoms with Gasteiger partial charge in [0, 0.05) is 20.8 Å². The Morgan fingerprint density at radius 1 is 1.16 bits per heavy atom. The van der Waals surface area contributed by atoms with Crippen LogP contribution in [0.25, 0.3) is 0 Å². The molecule has 2 aromatic rings. The van der Waals surface area contributed by atoms with Crippen LogP contribution in [0.4, 0.5) is 11.5 Å². The number of nitrogens with one attached hydrogen (secondary N) is 2. The number of hydrogen-bond donors (Lipinski definition) is 3. The molecule has 7 heteroatoms. The van der Waals surface area contributed by atoms with E-state index in [9.17, 15) is 4.79 Å². The van der Waals surface area contributed by atoms with E-state index in [1.165, 1.54) is 0 Å². The first-order chi connectivity index (χ1) is 9.10. The summed E-state index contributed by atoms with van der Waals surface area (Å²) in [5.41, 5.74) is 3.45. The highest BCUT2D eigenvalue weighted by Gasteiger charge is 2.13. The maximum Gasteiger partial charge on any atom is 0.259 e. The minimum absolute atomic E-state index is 0.288.